The molecule has 3 atom stereocenters. The van der Waals surface area contributed by atoms with Gasteiger partial charge >= 0.3 is 0 Å². The van der Waals surface area contributed by atoms with Crippen molar-refractivity contribution >= 4 is 0 Å². The number of hydrogen-bond acceptors (Lipinski definition) is 2. The molecule has 2 rings (SSSR count). The first kappa shape index (κ1) is 6.62. The van der Waals surface area contributed by atoms with Crippen molar-refractivity contribution in [3.05, 3.63) is 0 Å². The van der Waals surface area contributed by atoms with Gasteiger partial charge in [-0.1, -0.05) is 0 Å². The van der Waals surface area contributed by atoms with Crippen molar-refractivity contribution in [2.45, 2.75) is 50.3 Å². The lowest BCUT2D eigenvalue weighted by atomic mass is 9.89. The van der Waals surface area contributed by atoms with Crippen LogP contribution in [0.4, 0.5) is 0 Å². The second kappa shape index (κ2) is 1.95. The molecule has 2 aliphatic heterocycles. The van der Waals surface area contributed by atoms with Crippen molar-refractivity contribution in [1.29, 1.82) is 0 Å². The van der Waals surface area contributed by atoms with E-state index in [9.17, 15) is 5.11 Å². The maximum absolute atomic E-state index is 9.80. The van der Waals surface area contributed by atoms with Gasteiger partial charge in [0.15, 0.2) is 0 Å². The Kier molecular flexibility index (Phi) is 1.29. The van der Waals surface area contributed by atoms with Gasteiger partial charge in [0.2, 0.25) is 0 Å². The minimum atomic E-state index is -0.424. The van der Waals surface area contributed by atoms with Gasteiger partial charge in [-0.3, -0.25) is 0 Å². The molecular weight excluding hydrogens is 126 g/mol. The molecule has 0 saturated carbocycles. The van der Waals surface area contributed by atoms with Crippen LogP contribution in [0, 0.1) is 0 Å². The van der Waals surface area contributed by atoms with Gasteiger partial charge in [0.05, 0.1) is 5.60 Å². The first-order valence-electron chi connectivity index (χ1n) is 4.17. The summed E-state index contributed by atoms with van der Waals surface area (Å²) in [5.74, 6) is 0. The van der Waals surface area contributed by atoms with Crippen molar-refractivity contribution in [2.24, 2.45) is 0 Å². The quantitative estimate of drug-likeness (QED) is 0.519. The highest BCUT2D eigenvalue weighted by molar-refractivity contribution is 5.00. The first-order valence-corrected chi connectivity index (χ1v) is 4.17. The van der Waals surface area contributed by atoms with Crippen molar-refractivity contribution in [1.82, 2.24) is 5.32 Å². The Labute approximate surface area is 61.6 Å². The highest BCUT2D eigenvalue weighted by atomic mass is 16.3. The van der Waals surface area contributed by atoms with Gasteiger partial charge < -0.3 is 10.4 Å². The summed E-state index contributed by atoms with van der Waals surface area (Å²) in [5, 5.41) is 13.2. The lowest BCUT2D eigenvalue weighted by Crippen LogP contribution is -2.51. The third kappa shape index (κ3) is 0.867. The zero-order chi connectivity index (χ0) is 7.19. The molecule has 2 heterocycles. The molecule has 0 aliphatic carbocycles. The SMILES string of the molecule is CC1(O)CCC2CCC1N2. The number of fused-ring (bicyclic) bond motifs is 2. The van der Waals surface area contributed by atoms with E-state index >= 15 is 0 Å². The summed E-state index contributed by atoms with van der Waals surface area (Å²) in [4.78, 5) is 0. The van der Waals surface area contributed by atoms with Gasteiger partial charge in [-0.05, 0) is 32.6 Å². The molecule has 0 aromatic rings. The number of aliphatic hydroxyl groups is 1. The van der Waals surface area contributed by atoms with Crippen LogP contribution in [0.15, 0.2) is 0 Å². The van der Waals surface area contributed by atoms with Crippen molar-refractivity contribution in [2.75, 3.05) is 0 Å². The van der Waals surface area contributed by atoms with Crippen LogP contribution >= 0.6 is 0 Å². The van der Waals surface area contributed by atoms with Crippen LogP contribution in [-0.2, 0) is 0 Å². The molecule has 2 aliphatic rings. The third-order valence-electron chi connectivity index (χ3n) is 2.99. The number of hydrogen-bond donors (Lipinski definition) is 2. The van der Waals surface area contributed by atoms with Crippen LogP contribution in [0.3, 0.4) is 0 Å². The molecule has 0 amide bonds. The van der Waals surface area contributed by atoms with Crippen LogP contribution in [0.5, 0.6) is 0 Å². The average Bonchev–Trinajstić information content (AvgIpc) is 2.26. The van der Waals surface area contributed by atoms with Gasteiger partial charge in [0, 0.05) is 12.1 Å². The molecule has 2 N–H and O–H groups in total. The molecule has 3 unspecified atom stereocenters. The summed E-state index contributed by atoms with van der Waals surface area (Å²) in [5.41, 5.74) is -0.424. The van der Waals surface area contributed by atoms with E-state index in [0.717, 1.165) is 19.3 Å². The fourth-order valence-electron chi connectivity index (χ4n) is 2.18. The largest absolute Gasteiger partial charge is 0.389 e. The topological polar surface area (TPSA) is 32.3 Å². The maximum atomic E-state index is 9.80. The minimum absolute atomic E-state index is 0.381. The zero-order valence-corrected chi connectivity index (χ0v) is 6.43. The molecular formula is C8H15NO. The second-order valence-electron chi connectivity index (χ2n) is 3.89. The number of rotatable bonds is 0. The highest BCUT2D eigenvalue weighted by Crippen LogP contribution is 2.33. The molecule has 2 heteroatoms. The summed E-state index contributed by atoms with van der Waals surface area (Å²) in [6, 6.07) is 1.09. The predicted molar refractivity (Wildman–Crippen MR) is 39.8 cm³/mol. The van der Waals surface area contributed by atoms with Crippen molar-refractivity contribution in [3.63, 3.8) is 0 Å². The smallest absolute Gasteiger partial charge is 0.0772 e. The van der Waals surface area contributed by atoms with Crippen molar-refractivity contribution < 1.29 is 5.11 Å². The van der Waals surface area contributed by atoms with E-state index in [4.69, 9.17) is 0 Å². The van der Waals surface area contributed by atoms with Crippen LogP contribution in [0.2, 0.25) is 0 Å². The third-order valence-corrected chi connectivity index (χ3v) is 2.99. The van der Waals surface area contributed by atoms with E-state index in [1.807, 2.05) is 6.92 Å². The summed E-state index contributed by atoms with van der Waals surface area (Å²) in [6.45, 7) is 1.95. The zero-order valence-electron chi connectivity index (χ0n) is 6.43. The van der Waals surface area contributed by atoms with Crippen molar-refractivity contribution in [3.8, 4) is 0 Å². The summed E-state index contributed by atoms with van der Waals surface area (Å²) >= 11 is 0. The molecule has 58 valence electrons. The number of piperidine rings is 1. The standard InChI is InChI=1S/C8H15NO/c1-8(10)5-4-6-2-3-7(8)9-6/h6-7,9-10H,2-5H2,1H3. The molecule has 2 nitrogen and oxygen atoms in total. The van der Waals surface area contributed by atoms with Gasteiger partial charge in [0.25, 0.3) is 0 Å². The van der Waals surface area contributed by atoms with Crippen LogP contribution in [0.25, 0.3) is 0 Å². The lowest BCUT2D eigenvalue weighted by Gasteiger charge is -2.35. The first-order chi connectivity index (χ1) is 4.68. The number of nitrogens with one attached hydrogen (secondary N) is 1. The minimum Gasteiger partial charge on any atom is -0.389 e. The van der Waals surface area contributed by atoms with Crippen LogP contribution in [-0.4, -0.2) is 22.8 Å². The molecule has 10 heavy (non-hydrogen) atoms. The highest BCUT2D eigenvalue weighted by Gasteiger charge is 2.41. The summed E-state index contributed by atoms with van der Waals surface area (Å²) < 4.78 is 0. The second-order valence-corrected chi connectivity index (χ2v) is 3.89. The average molecular weight is 141 g/mol. The van der Waals surface area contributed by atoms with Gasteiger partial charge in [-0.2, -0.15) is 0 Å². The fourth-order valence-corrected chi connectivity index (χ4v) is 2.18. The van der Waals surface area contributed by atoms with Gasteiger partial charge in [0.1, 0.15) is 0 Å². The van der Waals surface area contributed by atoms with E-state index < -0.39 is 5.60 Å². The van der Waals surface area contributed by atoms with E-state index in [0.29, 0.717) is 12.1 Å². The molecule has 0 aromatic carbocycles. The lowest BCUT2D eigenvalue weighted by molar-refractivity contribution is -0.000281. The molecule has 0 aromatic heterocycles. The van der Waals surface area contributed by atoms with Crippen LogP contribution < -0.4 is 5.32 Å². The molecule has 0 radical (unpaired) electrons. The molecule has 2 bridgehead atoms. The molecule has 2 fully saturated rings. The Morgan fingerprint density at radius 2 is 2.20 bits per heavy atom. The monoisotopic (exact) mass is 141 g/mol. The van der Waals surface area contributed by atoms with Crippen LogP contribution in [0.1, 0.15) is 32.6 Å². The van der Waals surface area contributed by atoms with Gasteiger partial charge in [-0.25, -0.2) is 0 Å². The predicted octanol–water partition coefficient (Wildman–Crippen LogP) is 0.652. The summed E-state index contributed by atoms with van der Waals surface area (Å²) in [6.07, 6.45) is 4.57. The molecule has 2 saturated heterocycles. The Morgan fingerprint density at radius 1 is 1.40 bits per heavy atom. The summed E-state index contributed by atoms with van der Waals surface area (Å²) in [7, 11) is 0. The van der Waals surface area contributed by atoms with E-state index in [2.05, 4.69) is 5.32 Å². The van der Waals surface area contributed by atoms with Gasteiger partial charge in [-0.15, -0.1) is 0 Å². The molecule has 0 spiro atoms. The fraction of sp³-hybridized carbons (Fsp3) is 1.00. The maximum Gasteiger partial charge on any atom is 0.0772 e. The Bertz CT molecular complexity index is 144. The van der Waals surface area contributed by atoms with E-state index in [1.165, 1.54) is 6.42 Å². The van der Waals surface area contributed by atoms with E-state index in [1.54, 1.807) is 0 Å². The Balaban J connectivity index is 2.14. The Hall–Kier alpha value is -0.0800. The Morgan fingerprint density at radius 3 is 2.90 bits per heavy atom. The van der Waals surface area contributed by atoms with E-state index in [-0.39, 0.29) is 0 Å². The normalized spacial score (nSPS) is 53.4.